The molecule has 1 N–H and O–H groups in total. The molecule has 1 atom stereocenters. The van der Waals surface area contributed by atoms with Crippen LogP contribution < -0.4 is 0 Å². The molecule has 1 aromatic carbocycles. The lowest BCUT2D eigenvalue weighted by Crippen LogP contribution is -2.16. The number of hydrogen-bond acceptors (Lipinski definition) is 2. The molecule has 1 aliphatic rings. The van der Waals surface area contributed by atoms with Gasteiger partial charge >= 0.3 is 5.97 Å². The van der Waals surface area contributed by atoms with Crippen molar-refractivity contribution < 1.29 is 9.90 Å². The van der Waals surface area contributed by atoms with E-state index in [4.69, 9.17) is 5.11 Å². The van der Waals surface area contributed by atoms with E-state index in [0.717, 1.165) is 5.56 Å². The van der Waals surface area contributed by atoms with Crippen LogP contribution in [0.3, 0.4) is 0 Å². The summed E-state index contributed by atoms with van der Waals surface area (Å²) in [6.07, 6.45) is 4.72. The summed E-state index contributed by atoms with van der Waals surface area (Å²) in [7, 11) is 0. The zero-order valence-corrected chi connectivity index (χ0v) is 9.97. The molecule has 1 aromatic rings. The van der Waals surface area contributed by atoms with Crippen molar-refractivity contribution in [1.29, 1.82) is 0 Å². The fourth-order valence-corrected chi connectivity index (χ4v) is 1.91. The monoisotopic (exact) mass is 231 g/mol. The third-order valence-corrected chi connectivity index (χ3v) is 3.08. The predicted octanol–water partition coefficient (Wildman–Crippen LogP) is 2.85. The Kier molecular flexibility index (Phi) is 3.57. The van der Waals surface area contributed by atoms with E-state index < -0.39 is 12.0 Å². The van der Waals surface area contributed by atoms with Crippen molar-refractivity contribution in [2.24, 2.45) is 4.99 Å². The first-order valence-corrected chi connectivity index (χ1v) is 6.07. The molecule has 17 heavy (non-hydrogen) atoms. The zero-order valence-electron chi connectivity index (χ0n) is 9.97. The molecule has 0 aliphatic heterocycles. The van der Waals surface area contributed by atoms with Crippen molar-refractivity contribution in [2.75, 3.05) is 0 Å². The summed E-state index contributed by atoms with van der Waals surface area (Å²) in [6, 6.07) is 7.49. The molecule has 0 aromatic heterocycles. The van der Waals surface area contributed by atoms with Gasteiger partial charge in [-0.2, -0.15) is 0 Å². The van der Waals surface area contributed by atoms with Gasteiger partial charge in [0.25, 0.3) is 0 Å². The molecule has 0 amide bonds. The number of aliphatic carboxylic acids is 1. The van der Waals surface area contributed by atoms with Crippen molar-refractivity contribution in [3.63, 3.8) is 0 Å². The Balaban J connectivity index is 2.17. The Labute approximate surface area is 101 Å². The molecule has 0 saturated heterocycles. The molecule has 1 fully saturated rings. The van der Waals surface area contributed by atoms with Gasteiger partial charge in [0.15, 0.2) is 0 Å². The Hall–Kier alpha value is -1.64. The molecule has 3 nitrogen and oxygen atoms in total. The first-order valence-electron chi connectivity index (χ1n) is 6.07. The quantitative estimate of drug-likeness (QED) is 0.792. The maximum absolute atomic E-state index is 10.9. The van der Waals surface area contributed by atoms with Crippen molar-refractivity contribution >= 4 is 12.2 Å². The summed E-state index contributed by atoms with van der Waals surface area (Å²) in [6.45, 7) is 1.84. The van der Waals surface area contributed by atoms with Crippen molar-refractivity contribution in [2.45, 2.75) is 38.1 Å². The van der Waals surface area contributed by atoms with Gasteiger partial charge < -0.3 is 5.11 Å². The summed E-state index contributed by atoms with van der Waals surface area (Å²) >= 11 is 0. The number of aliphatic imine (C=N–C) groups is 1. The van der Waals surface area contributed by atoms with E-state index >= 15 is 0 Å². The number of benzene rings is 1. The molecule has 2 rings (SSSR count). The van der Waals surface area contributed by atoms with Crippen LogP contribution in [-0.4, -0.2) is 23.3 Å². The van der Waals surface area contributed by atoms with E-state index in [-0.39, 0.29) is 0 Å². The minimum Gasteiger partial charge on any atom is -0.480 e. The number of carboxylic acids is 1. The van der Waals surface area contributed by atoms with Gasteiger partial charge in [-0.3, -0.25) is 4.99 Å². The normalized spacial score (nSPS) is 17.2. The highest BCUT2D eigenvalue weighted by Gasteiger charge is 2.25. The van der Waals surface area contributed by atoms with Gasteiger partial charge in [0, 0.05) is 6.21 Å². The number of nitrogens with zero attached hydrogens (tertiary/aromatic N) is 1. The van der Waals surface area contributed by atoms with Gasteiger partial charge in [-0.25, -0.2) is 4.79 Å². The van der Waals surface area contributed by atoms with Crippen LogP contribution >= 0.6 is 0 Å². The molecular formula is C14H17NO2. The third kappa shape index (κ3) is 2.93. The van der Waals surface area contributed by atoms with Gasteiger partial charge in [-0.05, 0) is 36.3 Å². The van der Waals surface area contributed by atoms with Crippen LogP contribution in [0.1, 0.15) is 43.2 Å². The average molecular weight is 231 g/mol. The fourth-order valence-electron chi connectivity index (χ4n) is 1.91. The van der Waals surface area contributed by atoms with E-state index in [0.29, 0.717) is 12.3 Å². The lowest BCUT2D eigenvalue weighted by molar-refractivity contribution is -0.138. The predicted molar refractivity (Wildman–Crippen MR) is 67.7 cm³/mol. The maximum Gasteiger partial charge on any atom is 0.328 e. The Morgan fingerprint density at radius 2 is 2.24 bits per heavy atom. The first kappa shape index (κ1) is 11.8. The van der Waals surface area contributed by atoms with Crippen LogP contribution in [0.4, 0.5) is 0 Å². The topological polar surface area (TPSA) is 49.7 Å². The summed E-state index contributed by atoms with van der Waals surface area (Å²) in [5.41, 5.74) is 2.37. The molecular weight excluding hydrogens is 214 g/mol. The average Bonchev–Trinajstić information content (AvgIpc) is 3.14. The number of carbonyl (C=O) groups is 1. The summed E-state index contributed by atoms with van der Waals surface area (Å²) in [5, 5.41) is 8.93. The number of hydrogen-bond donors (Lipinski definition) is 1. The van der Waals surface area contributed by atoms with Crippen molar-refractivity contribution in [3.05, 3.63) is 35.4 Å². The Morgan fingerprint density at radius 1 is 1.53 bits per heavy atom. The highest BCUT2D eigenvalue weighted by atomic mass is 16.4. The second-order valence-electron chi connectivity index (χ2n) is 4.44. The van der Waals surface area contributed by atoms with Crippen LogP contribution in [0.2, 0.25) is 0 Å². The van der Waals surface area contributed by atoms with Gasteiger partial charge in [-0.1, -0.05) is 31.2 Å². The highest BCUT2D eigenvalue weighted by Crippen LogP contribution is 2.41. The SMILES string of the molecule is CCC(N=Cc1ccccc1C1CC1)C(=O)O. The molecule has 1 aliphatic carbocycles. The number of carboxylic acid groups (broad SMARTS) is 1. The first-order chi connectivity index (χ1) is 8.22. The van der Waals surface area contributed by atoms with E-state index in [1.54, 1.807) is 6.21 Å². The molecule has 90 valence electrons. The second kappa shape index (κ2) is 5.13. The minimum absolute atomic E-state index is 0.525. The molecule has 0 spiro atoms. The smallest absolute Gasteiger partial charge is 0.328 e. The van der Waals surface area contributed by atoms with Gasteiger partial charge in [0.2, 0.25) is 0 Å². The van der Waals surface area contributed by atoms with Gasteiger partial charge in [-0.15, -0.1) is 0 Å². The maximum atomic E-state index is 10.9. The fraction of sp³-hybridized carbons (Fsp3) is 0.429. The lowest BCUT2D eigenvalue weighted by atomic mass is 10.0. The van der Waals surface area contributed by atoms with E-state index in [9.17, 15) is 4.79 Å². The minimum atomic E-state index is -0.854. The van der Waals surface area contributed by atoms with Crippen LogP contribution in [0, 0.1) is 0 Å². The summed E-state index contributed by atoms with van der Waals surface area (Å²) < 4.78 is 0. The van der Waals surface area contributed by atoms with Gasteiger partial charge in [0.1, 0.15) is 6.04 Å². The van der Waals surface area contributed by atoms with Crippen LogP contribution in [0.25, 0.3) is 0 Å². The van der Waals surface area contributed by atoms with Crippen molar-refractivity contribution in [3.8, 4) is 0 Å². The van der Waals surface area contributed by atoms with Crippen molar-refractivity contribution in [1.82, 2.24) is 0 Å². The summed E-state index contributed by atoms with van der Waals surface area (Å²) in [4.78, 5) is 15.0. The van der Waals surface area contributed by atoms with Crippen LogP contribution in [-0.2, 0) is 4.79 Å². The molecule has 1 saturated carbocycles. The van der Waals surface area contributed by atoms with E-state index in [1.165, 1.54) is 18.4 Å². The van der Waals surface area contributed by atoms with Gasteiger partial charge in [0.05, 0.1) is 0 Å². The Morgan fingerprint density at radius 3 is 2.82 bits per heavy atom. The van der Waals surface area contributed by atoms with Crippen LogP contribution in [0.5, 0.6) is 0 Å². The molecule has 0 bridgehead atoms. The Bertz CT molecular complexity index is 436. The standard InChI is InChI=1S/C14H17NO2/c1-2-13(14(16)17)15-9-11-5-3-4-6-12(11)10-7-8-10/h3-6,9-10,13H,2,7-8H2,1H3,(H,16,17). The zero-order chi connectivity index (χ0) is 12.3. The summed E-state index contributed by atoms with van der Waals surface area (Å²) in [5.74, 6) is -0.199. The third-order valence-electron chi connectivity index (χ3n) is 3.08. The largest absolute Gasteiger partial charge is 0.480 e. The van der Waals surface area contributed by atoms with E-state index in [1.807, 2.05) is 25.1 Å². The number of rotatable bonds is 5. The molecule has 0 heterocycles. The second-order valence-corrected chi connectivity index (χ2v) is 4.44. The lowest BCUT2D eigenvalue weighted by Gasteiger charge is -2.05. The highest BCUT2D eigenvalue weighted by molar-refractivity contribution is 5.85. The van der Waals surface area contributed by atoms with E-state index in [2.05, 4.69) is 11.1 Å². The molecule has 0 radical (unpaired) electrons. The van der Waals surface area contributed by atoms with Crippen LogP contribution in [0.15, 0.2) is 29.3 Å². The molecule has 3 heteroatoms. The molecule has 1 unspecified atom stereocenters.